The van der Waals surface area contributed by atoms with Crippen molar-refractivity contribution in [3.8, 4) is 16.9 Å². The summed E-state index contributed by atoms with van der Waals surface area (Å²) in [4.78, 5) is 0. The minimum Gasteiger partial charge on any atom is -1.00 e. The van der Waals surface area contributed by atoms with E-state index in [4.69, 9.17) is 4.74 Å². The van der Waals surface area contributed by atoms with Gasteiger partial charge in [-0.1, -0.05) is 0 Å². The second kappa shape index (κ2) is 7.07. The summed E-state index contributed by atoms with van der Waals surface area (Å²) in [5.41, 5.74) is 5.91. The van der Waals surface area contributed by atoms with Gasteiger partial charge in [-0.2, -0.15) is 0 Å². The maximum Gasteiger partial charge on any atom is -1.00 e. The van der Waals surface area contributed by atoms with E-state index < -0.39 is 20.3 Å². The van der Waals surface area contributed by atoms with E-state index in [1.807, 2.05) is 3.28 Å². The predicted molar refractivity (Wildman–Crippen MR) is 91.7 cm³/mol. The van der Waals surface area contributed by atoms with Crippen molar-refractivity contribution in [3.63, 3.8) is 0 Å². The Kier molecular flexibility index (Phi) is 5.36. The summed E-state index contributed by atoms with van der Waals surface area (Å²) in [6.07, 6.45) is 8.29. The van der Waals surface area contributed by atoms with Crippen molar-refractivity contribution in [1.29, 1.82) is 0 Å². The number of rotatable bonds is 3. The third kappa shape index (κ3) is 2.69. The van der Waals surface area contributed by atoms with Crippen molar-refractivity contribution < 1.29 is 49.8 Å². The molecule has 2 aromatic carbocycles. The molecule has 1 fully saturated rings. The van der Waals surface area contributed by atoms with Crippen LogP contribution < -0.4 is 29.6 Å². The van der Waals surface area contributed by atoms with Crippen molar-refractivity contribution >= 4 is 0 Å². The second-order valence-electron chi connectivity index (χ2n) is 6.93. The Labute approximate surface area is 166 Å². The molecule has 1 heterocycles. The Morgan fingerprint density at radius 1 is 0.960 bits per heavy atom. The predicted octanol–water partition coefficient (Wildman–Crippen LogP) is -0.379. The van der Waals surface area contributed by atoms with Crippen LogP contribution in [0, 0.1) is 0 Å². The van der Waals surface area contributed by atoms with Crippen LogP contribution in [0.25, 0.3) is 11.1 Å². The number of benzene rings is 2. The van der Waals surface area contributed by atoms with E-state index in [-0.39, 0.29) is 24.8 Å². The molecule has 2 aromatic rings. The van der Waals surface area contributed by atoms with Gasteiger partial charge in [0.2, 0.25) is 0 Å². The maximum atomic E-state index is 5.72. The fraction of sp³-hybridized carbons (Fsp3) is 0.238. The van der Waals surface area contributed by atoms with Crippen LogP contribution in [0.3, 0.4) is 0 Å². The van der Waals surface area contributed by atoms with Crippen LogP contribution >= 0.6 is 0 Å². The van der Waals surface area contributed by atoms with Crippen molar-refractivity contribution in [2.45, 2.75) is 18.3 Å². The van der Waals surface area contributed by atoms with Gasteiger partial charge in [0.05, 0.1) is 0 Å². The van der Waals surface area contributed by atoms with Crippen molar-refractivity contribution in [2.24, 2.45) is 0 Å². The Morgan fingerprint density at radius 2 is 1.72 bits per heavy atom. The first-order chi connectivity index (χ1) is 11.3. The fourth-order valence-electron chi connectivity index (χ4n) is 4.73. The van der Waals surface area contributed by atoms with Gasteiger partial charge < -0.3 is 24.8 Å². The zero-order chi connectivity index (χ0) is 15.4. The molecule has 25 heavy (non-hydrogen) atoms. The van der Waals surface area contributed by atoms with Gasteiger partial charge in [0.25, 0.3) is 0 Å². The zero-order valence-electron chi connectivity index (χ0n) is 14.1. The molecule has 0 radical (unpaired) electrons. The molecule has 0 N–H and O–H groups in total. The number of hydrogen-bond acceptors (Lipinski definition) is 1. The van der Waals surface area contributed by atoms with E-state index in [1.54, 1.807) is 18.2 Å². The van der Waals surface area contributed by atoms with E-state index in [1.165, 1.54) is 25.8 Å². The number of allylic oxidation sites excluding steroid dienone is 4. The molecule has 0 bridgehead atoms. The Hall–Kier alpha value is -0.817. The summed E-state index contributed by atoms with van der Waals surface area (Å²) in [6.45, 7) is 0. The standard InChI is InChI=1S/C14H11O.C5H5.C2H4.2ClH.Zr/c1-15-13-8-4-6-11-9-10-5-2-3-7-12(10)14(11)13;1-2-4-5-3-1;1-2;;;/h2-9H,1H3;1-3H,4H2;1-2H2;2*1H;/q;;;;;+2/p-2. The minimum absolute atomic E-state index is 0. The summed E-state index contributed by atoms with van der Waals surface area (Å²) in [5, 5.41) is 0. The van der Waals surface area contributed by atoms with E-state index in [0.717, 1.165) is 5.75 Å². The van der Waals surface area contributed by atoms with Gasteiger partial charge in [0, 0.05) is 0 Å². The van der Waals surface area contributed by atoms with Crippen molar-refractivity contribution in [1.82, 2.24) is 0 Å². The van der Waals surface area contributed by atoms with Gasteiger partial charge in [0.15, 0.2) is 0 Å². The Morgan fingerprint density at radius 3 is 2.40 bits per heavy atom. The summed E-state index contributed by atoms with van der Waals surface area (Å²) in [6, 6.07) is 15.7. The van der Waals surface area contributed by atoms with Crippen LogP contribution in [-0.4, -0.2) is 7.11 Å². The molecule has 1 saturated heterocycles. The molecule has 0 saturated carbocycles. The number of hydrogen-bond donors (Lipinski definition) is 0. The molecular formula is C21H20Cl2OZr. The molecule has 1 unspecified atom stereocenters. The topological polar surface area (TPSA) is 9.23 Å². The summed E-state index contributed by atoms with van der Waals surface area (Å²) >= 11 is -2.26. The van der Waals surface area contributed by atoms with Gasteiger partial charge in [-0.3, -0.25) is 0 Å². The Balaban J connectivity index is 0.000000911. The van der Waals surface area contributed by atoms with Crippen molar-refractivity contribution in [3.05, 3.63) is 75.1 Å². The first-order valence-corrected chi connectivity index (χ1v) is 14.6. The quantitative estimate of drug-likeness (QED) is 0.620. The van der Waals surface area contributed by atoms with Crippen molar-refractivity contribution in [2.75, 3.05) is 7.11 Å². The molecule has 0 amide bonds. The molecule has 5 rings (SSSR count). The second-order valence-corrected chi connectivity index (χ2v) is 18.1. The average molecular weight is 451 g/mol. The van der Waals surface area contributed by atoms with Crippen LogP contribution in [0.5, 0.6) is 5.75 Å². The normalized spacial score (nSPS) is 19.4. The molecule has 2 aliphatic carbocycles. The number of halogens is 2. The van der Waals surface area contributed by atoms with E-state index >= 15 is 0 Å². The van der Waals surface area contributed by atoms with E-state index in [0.29, 0.717) is 3.63 Å². The summed E-state index contributed by atoms with van der Waals surface area (Å²) < 4.78 is 11.3. The molecule has 1 atom stereocenters. The number of fused-ring (bicyclic) bond motifs is 3. The molecule has 1 aliphatic heterocycles. The summed E-state index contributed by atoms with van der Waals surface area (Å²) in [7, 11) is 1.80. The van der Waals surface area contributed by atoms with Crippen LogP contribution in [0.4, 0.5) is 0 Å². The number of methoxy groups -OCH3 is 1. The van der Waals surface area contributed by atoms with Gasteiger partial charge in [-0.05, 0) is 0 Å². The first kappa shape index (κ1) is 19.0. The van der Waals surface area contributed by atoms with Gasteiger partial charge in [0.1, 0.15) is 0 Å². The smallest absolute Gasteiger partial charge is 1.00 e. The third-order valence-electron chi connectivity index (χ3n) is 5.88. The monoisotopic (exact) mass is 448 g/mol. The molecule has 1 nitrogen and oxygen atoms in total. The third-order valence-corrected chi connectivity index (χ3v) is 18.1. The van der Waals surface area contributed by atoms with Gasteiger partial charge in [-0.15, -0.1) is 0 Å². The van der Waals surface area contributed by atoms with E-state index in [2.05, 4.69) is 60.7 Å². The fourth-order valence-corrected chi connectivity index (χ4v) is 19.7. The number of ether oxygens (including phenoxy) is 1. The van der Waals surface area contributed by atoms with Crippen LogP contribution in [0.15, 0.2) is 64.0 Å². The largest absolute Gasteiger partial charge is 1.00 e. The molecule has 128 valence electrons. The average Bonchev–Trinajstić information content (AvgIpc) is 3.08. The molecule has 4 heteroatoms. The molecule has 3 aliphatic rings. The van der Waals surface area contributed by atoms with Crippen LogP contribution in [0.1, 0.15) is 21.2 Å². The SMILES string of the molecule is COc1cccc2c1-c1ccccc1[CH]2[Zr+2]1([C]2=CC=CC2)[CH2][CH2]1.[Cl-].[Cl-]. The van der Waals surface area contributed by atoms with Crippen LogP contribution in [-0.2, 0) is 20.3 Å². The van der Waals surface area contributed by atoms with Gasteiger partial charge >= 0.3 is 142 Å². The summed E-state index contributed by atoms with van der Waals surface area (Å²) in [5.74, 6) is 1.04. The molecule has 0 spiro atoms. The Bertz CT molecular complexity index is 868. The van der Waals surface area contributed by atoms with Crippen LogP contribution in [0.2, 0.25) is 8.26 Å². The first-order valence-electron chi connectivity index (χ1n) is 8.47. The molecule has 0 aromatic heterocycles. The van der Waals surface area contributed by atoms with E-state index in [9.17, 15) is 0 Å². The minimum atomic E-state index is -2.26. The maximum absolute atomic E-state index is 5.72. The zero-order valence-corrected chi connectivity index (χ0v) is 18.1. The molecular weight excluding hydrogens is 430 g/mol. The van der Waals surface area contributed by atoms with Gasteiger partial charge in [-0.25, -0.2) is 0 Å².